The molecule has 0 fully saturated rings. The number of carbonyl (C=O) groups excluding carboxylic acids is 4. The highest BCUT2D eigenvalue weighted by atomic mass is 16.5. The minimum absolute atomic E-state index is 0.0296. The fourth-order valence-electron chi connectivity index (χ4n) is 3.55. The van der Waals surface area contributed by atoms with E-state index in [0.29, 0.717) is 17.7 Å². The Balaban J connectivity index is 2.18. The number of benzene rings is 1. The van der Waals surface area contributed by atoms with E-state index in [-0.39, 0.29) is 30.4 Å². The lowest BCUT2D eigenvalue weighted by atomic mass is 10.0. The van der Waals surface area contributed by atoms with Crippen molar-refractivity contribution in [2.75, 3.05) is 27.8 Å². The maximum Gasteiger partial charge on any atom is 0.268 e. The fourth-order valence-corrected chi connectivity index (χ4v) is 3.55. The van der Waals surface area contributed by atoms with Gasteiger partial charge in [-0.2, -0.15) is 0 Å². The van der Waals surface area contributed by atoms with Crippen LogP contribution < -0.4 is 15.4 Å². The predicted molar refractivity (Wildman–Crippen MR) is 128 cm³/mol. The number of aliphatic hydroxyl groups excluding tert-OH is 1. The molecule has 2 atom stereocenters. The Morgan fingerprint density at radius 2 is 1.82 bits per heavy atom. The van der Waals surface area contributed by atoms with Gasteiger partial charge < -0.3 is 30.4 Å². The number of carbonyl (C=O) groups is 4. The lowest BCUT2D eigenvalue weighted by Gasteiger charge is -2.24. The number of hydrogen-bond donors (Lipinski definition) is 4. The highest BCUT2D eigenvalue weighted by Crippen LogP contribution is 2.26. The van der Waals surface area contributed by atoms with Crippen molar-refractivity contribution in [2.45, 2.75) is 45.2 Å². The lowest BCUT2D eigenvalue weighted by Crippen LogP contribution is -2.52. The summed E-state index contributed by atoms with van der Waals surface area (Å²) in [7, 11) is 4.73. The van der Waals surface area contributed by atoms with Crippen LogP contribution in [-0.2, 0) is 14.4 Å². The van der Waals surface area contributed by atoms with E-state index >= 15 is 0 Å². The Bertz CT molecular complexity index is 1030. The minimum atomic E-state index is -1.04. The number of nitrogens with one attached hydrogen (secondary N) is 3. The van der Waals surface area contributed by atoms with Gasteiger partial charge >= 0.3 is 0 Å². The first-order valence-electron chi connectivity index (χ1n) is 11.2. The Morgan fingerprint density at radius 1 is 1.12 bits per heavy atom. The third-order valence-corrected chi connectivity index (χ3v) is 5.42. The fraction of sp³-hybridized carbons (Fsp3) is 0.500. The summed E-state index contributed by atoms with van der Waals surface area (Å²) in [5, 5.41) is 15.4. The summed E-state index contributed by atoms with van der Waals surface area (Å²) in [5.74, 6) is -1.15. The summed E-state index contributed by atoms with van der Waals surface area (Å²) in [6.07, 6.45) is 0.409. The van der Waals surface area contributed by atoms with Gasteiger partial charge in [0.25, 0.3) is 5.91 Å². The molecule has 2 aromatic rings. The molecule has 10 nitrogen and oxygen atoms in total. The van der Waals surface area contributed by atoms with Crippen LogP contribution in [0, 0.1) is 5.92 Å². The molecular weight excluding hydrogens is 440 g/mol. The van der Waals surface area contributed by atoms with Gasteiger partial charge in [0.05, 0.1) is 13.2 Å². The van der Waals surface area contributed by atoms with E-state index in [1.54, 1.807) is 39.4 Å². The molecule has 1 aromatic heterocycles. The van der Waals surface area contributed by atoms with Crippen LogP contribution >= 0.6 is 0 Å². The standard InChI is InChI=1S/C24H34N4O6/c1-14(2)11-18(23(32)26-17(20(30)13-29)9-10-22(31)28(3)4)27-24(33)19-12-15-16(25-19)7-6-8-21(15)34-5/h6-8,12,14,17-18,25,29H,9-11,13H2,1-5H3,(H,26,32)(H,27,33). The number of rotatable bonds is 12. The molecule has 0 aliphatic heterocycles. The van der Waals surface area contributed by atoms with Crippen LogP contribution in [0.25, 0.3) is 10.9 Å². The third-order valence-electron chi connectivity index (χ3n) is 5.42. The van der Waals surface area contributed by atoms with Crippen molar-refractivity contribution in [3.05, 3.63) is 30.0 Å². The van der Waals surface area contributed by atoms with E-state index < -0.39 is 36.3 Å². The average molecular weight is 475 g/mol. The molecule has 0 spiro atoms. The average Bonchev–Trinajstić information content (AvgIpc) is 3.24. The smallest absolute Gasteiger partial charge is 0.268 e. The molecule has 2 rings (SSSR count). The van der Waals surface area contributed by atoms with Crippen molar-refractivity contribution in [1.29, 1.82) is 0 Å². The molecule has 1 heterocycles. The first-order valence-corrected chi connectivity index (χ1v) is 11.2. The largest absolute Gasteiger partial charge is 0.496 e. The Hall–Kier alpha value is -3.40. The Morgan fingerprint density at radius 3 is 2.41 bits per heavy atom. The number of fused-ring (bicyclic) bond motifs is 1. The summed E-state index contributed by atoms with van der Waals surface area (Å²) in [6, 6.07) is 5.09. The molecule has 0 saturated carbocycles. The molecule has 10 heteroatoms. The summed E-state index contributed by atoms with van der Waals surface area (Å²) in [6.45, 7) is 3.05. The van der Waals surface area contributed by atoms with Gasteiger partial charge in [0.1, 0.15) is 24.1 Å². The zero-order valence-corrected chi connectivity index (χ0v) is 20.3. The molecule has 34 heavy (non-hydrogen) atoms. The number of Topliss-reactive ketones (excluding diaryl/α,β-unsaturated/α-hetero) is 1. The normalized spacial score (nSPS) is 12.8. The number of methoxy groups -OCH3 is 1. The first-order chi connectivity index (χ1) is 16.1. The van der Waals surface area contributed by atoms with E-state index in [1.165, 1.54) is 4.90 Å². The lowest BCUT2D eigenvalue weighted by molar-refractivity contribution is -0.132. The van der Waals surface area contributed by atoms with Gasteiger partial charge in [-0.05, 0) is 37.0 Å². The van der Waals surface area contributed by atoms with Crippen LogP contribution in [0.4, 0.5) is 0 Å². The summed E-state index contributed by atoms with van der Waals surface area (Å²) >= 11 is 0. The first kappa shape index (κ1) is 26.8. The SMILES string of the molecule is COc1cccc2[nH]c(C(=O)NC(CC(C)C)C(=O)NC(CCC(=O)N(C)C)C(=O)CO)cc12. The maximum absolute atomic E-state index is 13.0. The van der Waals surface area contributed by atoms with Crippen LogP contribution in [0.3, 0.4) is 0 Å². The van der Waals surface area contributed by atoms with Crippen molar-refractivity contribution < 1.29 is 29.0 Å². The predicted octanol–water partition coefficient (Wildman–Crippen LogP) is 1.24. The molecule has 0 aliphatic rings. The molecule has 0 radical (unpaired) electrons. The van der Waals surface area contributed by atoms with Gasteiger partial charge in [0.2, 0.25) is 11.8 Å². The second kappa shape index (κ2) is 12.2. The number of nitrogens with zero attached hydrogens (tertiary/aromatic N) is 1. The second-order valence-corrected chi connectivity index (χ2v) is 8.77. The van der Waals surface area contributed by atoms with E-state index in [2.05, 4.69) is 15.6 Å². The molecule has 186 valence electrons. The topological polar surface area (TPSA) is 141 Å². The number of ketones is 1. The Labute approximate surface area is 199 Å². The molecule has 4 N–H and O–H groups in total. The van der Waals surface area contributed by atoms with Gasteiger partial charge in [-0.3, -0.25) is 19.2 Å². The summed E-state index contributed by atoms with van der Waals surface area (Å²) < 4.78 is 5.33. The van der Waals surface area contributed by atoms with Crippen molar-refractivity contribution >= 4 is 34.4 Å². The van der Waals surface area contributed by atoms with Gasteiger partial charge in [-0.25, -0.2) is 0 Å². The minimum Gasteiger partial charge on any atom is -0.496 e. The number of aromatic amines is 1. The van der Waals surface area contributed by atoms with Crippen LogP contribution in [0.5, 0.6) is 5.75 Å². The van der Waals surface area contributed by atoms with Crippen LogP contribution in [0.2, 0.25) is 0 Å². The molecule has 1 aromatic carbocycles. The van der Waals surface area contributed by atoms with E-state index in [1.807, 2.05) is 19.9 Å². The number of ether oxygens (including phenoxy) is 1. The third kappa shape index (κ3) is 7.05. The molecular formula is C24H34N4O6. The summed E-state index contributed by atoms with van der Waals surface area (Å²) in [5.41, 5.74) is 0.981. The van der Waals surface area contributed by atoms with Crippen molar-refractivity contribution in [2.24, 2.45) is 5.92 Å². The molecule has 3 amide bonds. The second-order valence-electron chi connectivity index (χ2n) is 8.77. The van der Waals surface area contributed by atoms with E-state index in [4.69, 9.17) is 4.74 Å². The summed E-state index contributed by atoms with van der Waals surface area (Å²) in [4.78, 5) is 54.5. The highest BCUT2D eigenvalue weighted by Gasteiger charge is 2.28. The van der Waals surface area contributed by atoms with Crippen LogP contribution in [0.15, 0.2) is 24.3 Å². The quantitative estimate of drug-likeness (QED) is 0.365. The highest BCUT2D eigenvalue weighted by molar-refractivity contribution is 6.02. The number of aromatic nitrogens is 1. The van der Waals surface area contributed by atoms with Crippen LogP contribution in [-0.4, -0.2) is 78.4 Å². The van der Waals surface area contributed by atoms with E-state index in [0.717, 1.165) is 5.39 Å². The molecule has 2 unspecified atom stereocenters. The monoisotopic (exact) mass is 474 g/mol. The van der Waals surface area contributed by atoms with Gasteiger partial charge in [0.15, 0.2) is 5.78 Å². The molecule has 0 aliphatic carbocycles. The van der Waals surface area contributed by atoms with Gasteiger partial charge in [0, 0.05) is 31.4 Å². The number of aliphatic hydroxyl groups is 1. The van der Waals surface area contributed by atoms with Crippen molar-refractivity contribution in [3.8, 4) is 5.75 Å². The maximum atomic E-state index is 13.0. The molecule has 0 saturated heterocycles. The van der Waals surface area contributed by atoms with Gasteiger partial charge in [-0.1, -0.05) is 19.9 Å². The number of H-pyrrole nitrogens is 1. The Kier molecular flexibility index (Phi) is 9.61. The molecule has 0 bridgehead atoms. The number of amides is 3. The number of hydrogen-bond acceptors (Lipinski definition) is 6. The van der Waals surface area contributed by atoms with Crippen molar-refractivity contribution in [1.82, 2.24) is 20.5 Å². The van der Waals surface area contributed by atoms with E-state index in [9.17, 15) is 24.3 Å². The van der Waals surface area contributed by atoms with Crippen molar-refractivity contribution in [3.63, 3.8) is 0 Å². The van der Waals surface area contributed by atoms with Gasteiger partial charge in [-0.15, -0.1) is 0 Å². The zero-order valence-electron chi connectivity index (χ0n) is 20.3. The zero-order chi connectivity index (χ0) is 25.4. The van der Waals surface area contributed by atoms with Crippen LogP contribution in [0.1, 0.15) is 43.6 Å².